The molecule has 1 aromatic carbocycles. The highest BCUT2D eigenvalue weighted by molar-refractivity contribution is 5.53. The average Bonchev–Trinajstić information content (AvgIpc) is 2.82. The Kier molecular flexibility index (Phi) is 2.04. The van der Waals surface area contributed by atoms with E-state index in [2.05, 4.69) is 0 Å². The molecule has 0 heterocycles. The Morgan fingerprint density at radius 2 is 2.07 bits per heavy atom. The van der Waals surface area contributed by atoms with E-state index in [0.717, 1.165) is 17.7 Å². The largest absolute Gasteiger partial charge is 0.508 e. The van der Waals surface area contributed by atoms with Crippen LogP contribution in [0.1, 0.15) is 16.7 Å². The number of rotatable bonds is 0. The first-order valence-corrected chi connectivity index (χ1v) is 4.62. The third kappa shape index (κ3) is 1.79. The van der Waals surface area contributed by atoms with Gasteiger partial charge in [-0.3, -0.25) is 0 Å². The minimum absolute atomic E-state index is 0.271. The fourth-order valence-electron chi connectivity index (χ4n) is 1.54. The van der Waals surface area contributed by atoms with Crippen LogP contribution in [0, 0.1) is 6.92 Å². The number of nitrogens with two attached hydrogens (primary N) is 1. The maximum absolute atomic E-state index is 9.47. The van der Waals surface area contributed by atoms with Gasteiger partial charge in [-0.1, -0.05) is 6.07 Å². The molecule has 1 aliphatic rings. The minimum atomic E-state index is 0.271. The molecule has 0 aromatic heterocycles. The van der Waals surface area contributed by atoms with Gasteiger partial charge in [0.2, 0.25) is 0 Å². The van der Waals surface area contributed by atoms with Crippen LogP contribution >= 0.6 is 0 Å². The van der Waals surface area contributed by atoms with Crippen molar-refractivity contribution in [3.05, 3.63) is 47.0 Å². The Morgan fingerprint density at radius 3 is 2.86 bits per heavy atom. The average molecular weight is 187 g/mol. The molecule has 0 saturated heterocycles. The summed E-state index contributed by atoms with van der Waals surface area (Å²) in [6.45, 7) is 2.00. The maximum Gasteiger partial charge on any atom is 0.115 e. The topological polar surface area (TPSA) is 46.2 Å². The molecular formula is C12H13NO. The Labute approximate surface area is 83.3 Å². The molecule has 1 aromatic rings. The summed E-state index contributed by atoms with van der Waals surface area (Å²) in [7, 11) is 0. The molecule has 0 radical (unpaired) electrons. The fourth-order valence-corrected chi connectivity index (χ4v) is 1.54. The molecule has 0 unspecified atom stereocenters. The summed E-state index contributed by atoms with van der Waals surface area (Å²) in [4.78, 5) is 0. The van der Waals surface area contributed by atoms with Crippen molar-refractivity contribution in [1.82, 2.24) is 0 Å². The van der Waals surface area contributed by atoms with Crippen LogP contribution in [-0.2, 0) is 6.42 Å². The summed E-state index contributed by atoms with van der Waals surface area (Å²) in [5.74, 6) is 0.271. The Hall–Kier alpha value is -1.70. The van der Waals surface area contributed by atoms with Crippen LogP contribution < -0.4 is 5.73 Å². The number of fused-ring (bicyclic) bond motifs is 1. The van der Waals surface area contributed by atoms with Crippen molar-refractivity contribution in [1.29, 1.82) is 0 Å². The van der Waals surface area contributed by atoms with Gasteiger partial charge >= 0.3 is 0 Å². The maximum atomic E-state index is 9.47. The molecule has 2 nitrogen and oxygen atoms in total. The van der Waals surface area contributed by atoms with Crippen LogP contribution in [0.4, 0.5) is 5.69 Å². The van der Waals surface area contributed by atoms with Crippen LogP contribution in [0.5, 0.6) is 5.75 Å². The fraction of sp³-hybridized carbons (Fsp3) is 0.167. The van der Waals surface area contributed by atoms with Gasteiger partial charge in [-0.2, -0.15) is 0 Å². The second-order valence-corrected chi connectivity index (χ2v) is 3.60. The molecule has 0 atom stereocenters. The highest BCUT2D eigenvalue weighted by Gasteiger charge is 2.16. The monoisotopic (exact) mass is 187 g/mol. The molecule has 0 spiro atoms. The second kappa shape index (κ2) is 3.22. The van der Waals surface area contributed by atoms with Crippen LogP contribution in [-0.4, -0.2) is 5.11 Å². The lowest BCUT2D eigenvalue weighted by molar-refractivity contribution is 0.475. The summed E-state index contributed by atoms with van der Waals surface area (Å²) in [6, 6.07) is 8.94. The molecule has 3 N–H and O–H groups in total. The SMILES string of the molecule is Cc1cc(O)cccc(N)cc2c1C2. The first-order valence-electron chi connectivity index (χ1n) is 4.62. The lowest BCUT2D eigenvalue weighted by Crippen LogP contribution is -1.79. The molecule has 0 saturated carbocycles. The summed E-state index contributed by atoms with van der Waals surface area (Å²) in [6.07, 6.45) is 0.990. The van der Waals surface area contributed by atoms with Gasteiger partial charge in [0.15, 0.2) is 0 Å². The van der Waals surface area contributed by atoms with Crippen molar-refractivity contribution in [2.45, 2.75) is 13.3 Å². The second-order valence-electron chi connectivity index (χ2n) is 3.60. The van der Waals surface area contributed by atoms with E-state index in [0.29, 0.717) is 0 Å². The molecular weight excluding hydrogens is 174 g/mol. The third-order valence-electron chi connectivity index (χ3n) is 2.37. The van der Waals surface area contributed by atoms with Crippen molar-refractivity contribution >= 4 is 5.69 Å². The summed E-state index contributed by atoms with van der Waals surface area (Å²) < 4.78 is 0. The minimum Gasteiger partial charge on any atom is -0.508 e. The Morgan fingerprint density at radius 1 is 1.29 bits per heavy atom. The zero-order chi connectivity index (χ0) is 10.1. The normalized spacial score (nSPS) is 11.5. The standard InChI is InChI=1S/C12H13NO/c1-8-5-11(14)4-2-3-10(13)6-9-7-12(8)9/h2-6,14H,7,13H2,1H3. The Bertz CT molecular complexity index is 437. The molecule has 0 bridgehead atoms. The van der Waals surface area contributed by atoms with Gasteiger partial charge in [-0.15, -0.1) is 0 Å². The van der Waals surface area contributed by atoms with Crippen LogP contribution in [0.2, 0.25) is 0 Å². The van der Waals surface area contributed by atoms with Gasteiger partial charge in [0, 0.05) is 5.69 Å². The quantitative estimate of drug-likeness (QED) is 0.664. The van der Waals surface area contributed by atoms with E-state index < -0.39 is 0 Å². The molecule has 0 fully saturated rings. The zero-order valence-electron chi connectivity index (χ0n) is 8.12. The van der Waals surface area contributed by atoms with E-state index in [1.807, 2.05) is 13.0 Å². The van der Waals surface area contributed by atoms with Crippen molar-refractivity contribution < 1.29 is 5.11 Å². The van der Waals surface area contributed by atoms with Crippen LogP contribution in [0.15, 0.2) is 30.3 Å². The highest BCUT2D eigenvalue weighted by atomic mass is 16.3. The summed E-state index contributed by atoms with van der Waals surface area (Å²) in [5.41, 5.74) is 10.2. The molecule has 14 heavy (non-hydrogen) atoms. The third-order valence-corrected chi connectivity index (χ3v) is 2.37. The van der Waals surface area contributed by atoms with Crippen molar-refractivity contribution in [2.24, 2.45) is 0 Å². The van der Waals surface area contributed by atoms with Crippen molar-refractivity contribution in [2.75, 3.05) is 5.73 Å². The van der Waals surface area contributed by atoms with E-state index >= 15 is 0 Å². The van der Waals surface area contributed by atoms with E-state index in [9.17, 15) is 5.11 Å². The van der Waals surface area contributed by atoms with E-state index in [4.69, 9.17) is 5.73 Å². The molecule has 1 aliphatic carbocycles. The number of nitrogen functional groups attached to an aromatic ring is 1. The van der Waals surface area contributed by atoms with Crippen LogP contribution in [0.3, 0.4) is 0 Å². The van der Waals surface area contributed by atoms with Gasteiger partial charge < -0.3 is 10.8 Å². The van der Waals surface area contributed by atoms with Crippen LogP contribution in [0.25, 0.3) is 0 Å². The van der Waals surface area contributed by atoms with Gasteiger partial charge in [0.25, 0.3) is 0 Å². The smallest absolute Gasteiger partial charge is 0.115 e. The first-order chi connectivity index (χ1) is 6.66. The summed E-state index contributed by atoms with van der Waals surface area (Å²) in [5, 5.41) is 9.47. The molecule has 0 aliphatic heterocycles. The van der Waals surface area contributed by atoms with E-state index in [1.165, 1.54) is 11.1 Å². The number of aromatic hydroxyl groups is 1. The van der Waals surface area contributed by atoms with Gasteiger partial charge in [-0.05, 0) is 54.3 Å². The molecule has 72 valence electrons. The molecule has 2 heteroatoms. The number of aryl methyl sites for hydroxylation is 1. The number of anilines is 1. The predicted octanol–water partition coefficient (Wildman–Crippen LogP) is 2.31. The zero-order valence-corrected chi connectivity index (χ0v) is 8.12. The van der Waals surface area contributed by atoms with Gasteiger partial charge in [-0.25, -0.2) is 0 Å². The van der Waals surface area contributed by atoms with E-state index in [-0.39, 0.29) is 5.75 Å². The lowest BCUT2D eigenvalue weighted by atomic mass is 10.2. The highest BCUT2D eigenvalue weighted by Crippen LogP contribution is 2.30. The number of hydrogen-bond donors (Lipinski definition) is 2. The molecule has 2 rings (SSSR count). The van der Waals surface area contributed by atoms with E-state index in [1.54, 1.807) is 24.3 Å². The predicted molar refractivity (Wildman–Crippen MR) is 57.7 cm³/mol. The van der Waals surface area contributed by atoms with Crippen molar-refractivity contribution in [3.63, 3.8) is 0 Å². The lowest BCUT2D eigenvalue weighted by Gasteiger charge is -1.88. The Balaban J connectivity index is 2.67. The number of hydrogen-bond acceptors (Lipinski definition) is 2. The first kappa shape index (κ1) is 8.88. The van der Waals surface area contributed by atoms with Crippen molar-refractivity contribution in [3.8, 4) is 5.75 Å². The van der Waals surface area contributed by atoms with Gasteiger partial charge in [0.05, 0.1) is 0 Å². The molecule has 0 amide bonds. The van der Waals surface area contributed by atoms with Gasteiger partial charge in [0.1, 0.15) is 5.75 Å². The summed E-state index contributed by atoms with van der Waals surface area (Å²) >= 11 is 0.